The Bertz CT molecular complexity index is 795. The molecule has 2 aromatic carbocycles. The van der Waals surface area contributed by atoms with Crippen LogP contribution in [-0.4, -0.2) is 4.98 Å². The average Bonchev–Trinajstić information content (AvgIpc) is 2.51. The summed E-state index contributed by atoms with van der Waals surface area (Å²) in [7, 11) is 0. The van der Waals surface area contributed by atoms with Crippen LogP contribution in [0.1, 0.15) is 11.1 Å². The Hall–Kier alpha value is -2.81. The van der Waals surface area contributed by atoms with Gasteiger partial charge >= 0.3 is 0 Å². The van der Waals surface area contributed by atoms with Gasteiger partial charge in [-0.1, -0.05) is 30.3 Å². The molecule has 0 unspecified atom stereocenters. The van der Waals surface area contributed by atoms with Crippen molar-refractivity contribution in [2.24, 2.45) is 0 Å². The predicted molar refractivity (Wildman–Crippen MR) is 90.1 cm³/mol. The van der Waals surface area contributed by atoms with Gasteiger partial charge in [-0.15, -0.1) is 0 Å². The lowest BCUT2D eigenvalue weighted by atomic mass is 9.97. The van der Waals surface area contributed by atoms with E-state index >= 15 is 0 Å². The molecule has 0 aliphatic carbocycles. The molecule has 0 saturated carbocycles. The summed E-state index contributed by atoms with van der Waals surface area (Å²) in [5.74, 6) is 1.31. The molecule has 110 valence electrons. The number of nitrogens with two attached hydrogens (primary N) is 1. The minimum Gasteiger partial charge on any atom is -0.439 e. The lowest BCUT2D eigenvalue weighted by Gasteiger charge is -2.11. The second-order valence-electron chi connectivity index (χ2n) is 5.32. The maximum Gasteiger partial charge on any atom is 0.219 e. The van der Waals surface area contributed by atoms with Crippen molar-refractivity contribution in [3.63, 3.8) is 0 Å². The fourth-order valence-electron chi connectivity index (χ4n) is 2.45. The number of hydrogen-bond donors (Lipinski definition) is 1. The molecule has 0 aliphatic heterocycles. The third kappa shape index (κ3) is 2.93. The number of aryl methyl sites for hydroxylation is 2. The smallest absolute Gasteiger partial charge is 0.219 e. The van der Waals surface area contributed by atoms with Crippen molar-refractivity contribution >= 4 is 5.69 Å². The molecule has 3 heteroatoms. The lowest BCUT2D eigenvalue weighted by molar-refractivity contribution is 0.463. The van der Waals surface area contributed by atoms with Gasteiger partial charge in [0.1, 0.15) is 5.75 Å². The van der Waals surface area contributed by atoms with Crippen molar-refractivity contribution in [1.82, 2.24) is 4.98 Å². The molecule has 0 aliphatic rings. The van der Waals surface area contributed by atoms with E-state index < -0.39 is 0 Å². The Balaban J connectivity index is 1.89. The molecule has 0 amide bonds. The van der Waals surface area contributed by atoms with Crippen LogP contribution < -0.4 is 10.5 Å². The average molecular weight is 290 g/mol. The highest BCUT2D eigenvalue weighted by Gasteiger charge is 2.07. The summed E-state index contributed by atoms with van der Waals surface area (Å²) in [4.78, 5) is 4.15. The molecule has 0 saturated heterocycles. The number of pyridine rings is 1. The molecule has 1 heterocycles. The van der Waals surface area contributed by atoms with Gasteiger partial charge in [-0.2, -0.15) is 0 Å². The highest BCUT2D eigenvalue weighted by atomic mass is 16.5. The standard InChI is InChI=1S/C19H18N2O/c1-13-5-3-4-6-17(13)18-9-8-16(11-14(18)2)22-19-10-7-15(20)12-21-19/h3-12H,20H2,1-2H3. The van der Waals surface area contributed by atoms with Gasteiger partial charge < -0.3 is 10.5 Å². The quantitative estimate of drug-likeness (QED) is 0.758. The Morgan fingerprint density at radius 1 is 0.864 bits per heavy atom. The Labute approximate surface area is 130 Å². The van der Waals surface area contributed by atoms with Crippen LogP contribution in [0.5, 0.6) is 11.6 Å². The fourth-order valence-corrected chi connectivity index (χ4v) is 2.45. The summed E-state index contributed by atoms with van der Waals surface area (Å²) >= 11 is 0. The zero-order valence-corrected chi connectivity index (χ0v) is 12.7. The molecule has 0 fully saturated rings. The Kier molecular flexibility index (Phi) is 3.79. The van der Waals surface area contributed by atoms with Crippen molar-refractivity contribution in [3.8, 4) is 22.8 Å². The van der Waals surface area contributed by atoms with E-state index in [1.807, 2.05) is 12.1 Å². The third-order valence-corrected chi connectivity index (χ3v) is 3.61. The summed E-state index contributed by atoms with van der Waals surface area (Å²) in [6, 6.07) is 18.0. The maximum absolute atomic E-state index is 5.77. The summed E-state index contributed by atoms with van der Waals surface area (Å²) < 4.78 is 5.77. The van der Waals surface area contributed by atoms with Gasteiger partial charge in [0.2, 0.25) is 5.88 Å². The zero-order chi connectivity index (χ0) is 15.5. The second-order valence-corrected chi connectivity index (χ2v) is 5.32. The molecule has 0 bridgehead atoms. The van der Waals surface area contributed by atoms with E-state index in [0.717, 1.165) is 5.75 Å². The second kappa shape index (κ2) is 5.90. The van der Waals surface area contributed by atoms with E-state index in [9.17, 15) is 0 Å². The normalized spacial score (nSPS) is 10.5. The van der Waals surface area contributed by atoms with E-state index in [0.29, 0.717) is 11.6 Å². The monoisotopic (exact) mass is 290 g/mol. The van der Waals surface area contributed by atoms with Gasteiger partial charge in [-0.05, 0) is 54.3 Å². The van der Waals surface area contributed by atoms with Gasteiger partial charge in [0.25, 0.3) is 0 Å². The van der Waals surface area contributed by atoms with Gasteiger partial charge in [0.15, 0.2) is 0 Å². The molecular weight excluding hydrogens is 272 g/mol. The minimum absolute atomic E-state index is 0.539. The Morgan fingerprint density at radius 3 is 2.32 bits per heavy atom. The Morgan fingerprint density at radius 2 is 1.64 bits per heavy atom. The van der Waals surface area contributed by atoms with Crippen molar-refractivity contribution in [3.05, 3.63) is 71.9 Å². The van der Waals surface area contributed by atoms with Crippen molar-refractivity contribution in [1.29, 1.82) is 0 Å². The molecule has 3 nitrogen and oxygen atoms in total. The van der Waals surface area contributed by atoms with Crippen molar-refractivity contribution in [2.75, 3.05) is 5.73 Å². The maximum atomic E-state index is 5.77. The first kappa shape index (κ1) is 14.1. The SMILES string of the molecule is Cc1ccccc1-c1ccc(Oc2ccc(N)cn2)cc1C. The number of nitrogens with zero attached hydrogens (tertiary/aromatic N) is 1. The first-order valence-electron chi connectivity index (χ1n) is 7.19. The van der Waals surface area contributed by atoms with Crippen LogP contribution in [0.3, 0.4) is 0 Å². The van der Waals surface area contributed by atoms with Crippen LogP contribution in [0.25, 0.3) is 11.1 Å². The molecule has 0 atom stereocenters. The first-order chi connectivity index (χ1) is 10.6. The van der Waals surface area contributed by atoms with Gasteiger partial charge in [0, 0.05) is 6.07 Å². The van der Waals surface area contributed by atoms with Gasteiger partial charge in [-0.3, -0.25) is 0 Å². The van der Waals surface area contributed by atoms with Gasteiger partial charge in [0.05, 0.1) is 11.9 Å². The number of benzene rings is 2. The molecule has 3 rings (SSSR count). The summed E-state index contributed by atoms with van der Waals surface area (Å²) in [6.07, 6.45) is 1.59. The molecule has 2 N–H and O–H groups in total. The number of rotatable bonds is 3. The van der Waals surface area contributed by atoms with Gasteiger partial charge in [-0.25, -0.2) is 4.98 Å². The third-order valence-electron chi connectivity index (χ3n) is 3.61. The molecule has 3 aromatic rings. The topological polar surface area (TPSA) is 48.1 Å². The largest absolute Gasteiger partial charge is 0.439 e. The first-order valence-corrected chi connectivity index (χ1v) is 7.19. The van der Waals surface area contributed by atoms with Crippen molar-refractivity contribution in [2.45, 2.75) is 13.8 Å². The van der Waals surface area contributed by atoms with Crippen LogP contribution in [0.4, 0.5) is 5.69 Å². The molecule has 0 radical (unpaired) electrons. The fraction of sp³-hybridized carbons (Fsp3) is 0.105. The van der Waals surface area contributed by atoms with Crippen LogP contribution in [0.15, 0.2) is 60.8 Å². The lowest BCUT2D eigenvalue weighted by Crippen LogP contribution is -1.92. The summed E-state index contributed by atoms with van der Waals surface area (Å²) in [5, 5.41) is 0. The predicted octanol–water partition coefficient (Wildman–Crippen LogP) is 4.74. The summed E-state index contributed by atoms with van der Waals surface area (Å²) in [5.41, 5.74) is 11.1. The molecule has 22 heavy (non-hydrogen) atoms. The summed E-state index contributed by atoms with van der Waals surface area (Å²) in [6.45, 7) is 4.21. The van der Waals surface area contributed by atoms with E-state index in [1.165, 1.54) is 22.3 Å². The zero-order valence-electron chi connectivity index (χ0n) is 12.7. The number of hydrogen-bond acceptors (Lipinski definition) is 3. The molecule has 1 aromatic heterocycles. The molecule has 0 spiro atoms. The highest BCUT2D eigenvalue weighted by molar-refractivity contribution is 5.71. The highest BCUT2D eigenvalue weighted by Crippen LogP contribution is 2.30. The number of nitrogen functional groups attached to an aromatic ring is 1. The minimum atomic E-state index is 0.539. The van der Waals surface area contributed by atoms with Crippen LogP contribution in [-0.2, 0) is 0 Å². The van der Waals surface area contributed by atoms with E-state index in [2.05, 4.69) is 49.2 Å². The van der Waals surface area contributed by atoms with Crippen molar-refractivity contribution < 1.29 is 4.74 Å². The number of anilines is 1. The van der Waals surface area contributed by atoms with E-state index in [-0.39, 0.29) is 0 Å². The van der Waals surface area contributed by atoms with E-state index in [4.69, 9.17) is 10.5 Å². The van der Waals surface area contributed by atoms with Crippen LogP contribution in [0.2, 0.25) is 0 Å². The number of aromatic nitrogens is 1. The van der Waals surface area contributed by atoms with E-state index in [1.54, 1.807) is 18.3 Å². The van der Waals surface area contributed by atoms with Crippen LogP contribution in [0, 0.1) is 13.8 Å². The number of ether oxygens (including phenoxy) is 1. The molecular formula is C19H18N2O. The van der Waals surface area contributed by atoms with Crippen LogP contribution >= 0.6 is 0 Å².